The Balaban J connectivity index is 2.73. The molecule has 2 heterocycles. The first-order chi connectivity index (χ1) is 7.13. The summed E-state index contributed by atoms with van der Waals surface area (Å²) < 4.78 is 1.91. The van der Waals surface area contributed by atoms with Crippen LogP contribution in [-0.4, -0.2) is 24.8 Å². The van der Waals surface area contributed by atoms with Gasteiger partial charge in [0.25, 0.3) is 0 Å². The maximum atomic E-state index is 9.11. The zero-order chi connectivity index (χ0) is 11.0. The molecule has 0 fully saturated rings. The quantitative estimate of drug-likeness (QED) is 0.707. The molecule has 2 N–H and O–H groups in total. The van der Waals surface area contributed by atoms with E-state index in [2.05, 4.69) is 10.2 Å². The van der Waals surface area contributed by atoms with Crippen molar-refractivity contribution in [3.8, 4) is 0 Å². The summed E-state index contributed by atoms with van der Waals surface area (Å²) in [4.78, 5) is 0. The Labute approximate surface area is 87.0 Å². The van der Waals surface area contributed by atoms with Gasteiger partial charge in [0.1, 0.15) is 5.82 Å². The van der Waals surface area contributed by atoms with E-state index in [1.807, 2.05) is 18.2 Å². The van der Waals surface area contributed by atoms with E-state index in [4.69, 9.17) is 10.2 Å². The van der Waals surface area contributed by atoms with Crippen molar-refractivity contribution >= 4 is 5.65 Å². The lowest BCUT2D eigenvalue weighted by Gasteiger charge is -2.08. The molecular formula is C10H13N3O2. The monoisotopic (exact) mass is 207 g/mol. The highest BCUT2D eigenvalue weighted by Gasteiger charge is 2.10. The predicted molar refractivity (Wildman–Crippen MR) is 54.3 cm³/mol. The molecule has 2 aromatic heterocycles. The minimum absolute atomic E-state index is 0.451. The summed E-state index contributed by atoms with van der Waals surface area (Å²) in [5.41, 5.74) is 2.07. The molecule has 0 saturated carbocycles. The van der Waals surface area contributed by atoms with E-state index in [0.717, 1.165) is 17.9 Å². The molecule has 0 radical (unpaired) electrons. The smallest absolute Gasteiger partial charge is 0.178 e. The number of aliphatic hydroxyl groups excluding tert-OH is 1. The number of aliphatic hydroxyl groups is 2. The normalized spacial score (nSPS) is 11.5. The fourth-order valence-corrected chi connectivity index (χ4v) is 1.68. The van der Waals surface area contributed by atoms with E-state index < -0.39 is 6.29 Å². The Hall–Kier alpha value is -1.46. The zero-order valence-corrected chi connectivity index (χ0v) is 8.68. The number of hydrogen-bond acceptors (Lipinski definition) is 4. The van der Waals surface area contributed by atoms with Gasteiger partial charge in [-0.1, -0.05) is 6.92 Å². The van der Waals surface area contributed by atoms with E-state index >= 15 is 0 Å². The maximum Gasteiger partial charge on any atom is 0.178 e. The minimum Gasteiger partial charge on any atom is -0.364 e. The minimum atomic E-state index is -1.46. The van der Waals surface area contributed by atoms with Crippen LogP contribution in [0.1, 0.15) is 30.3 Å². The first-order valence-electron chi connectivity index (χ1n) is 4.84. The van der Waals surface area contributed by atoms with Gasteiger partial charge in [0.2, 0.25) is 0 Å². The number of hydrogen-bond donors (Lipinski definition) is 2. The molecule has 0 saturated heterocycles. The lowest BCUT2D eigenvalue weighted by molar-refractivity contribution is -0.0425. The van der Waals surface area contributed by atoms with Crippen LogP contribution in [0.4, 0.5) is 0 Å². The first-order valence-corrected chi connectivity index (χ1v) is 4.84. The van der Waals surface area contributed by atoms with Crippen LogP contribution in [0.15, 0.2) is 12.1 Å². The van der Waals surface area contributed by atoms with Gasteiger partial charge in [0, 0.05) is 11.3 Å². The molecular weight excluding hydrogens is 194 g/mol. The van der Waals surface area contributed by atoms with Gasteiger partial charge in [-0.2, -0.15) is 0 Å². The number of nitrogens with zero attached hydrogens (tertiary/aromatic N) is 3. The molecule has 0 aliphatic rings. The molecule has 5 nitrogen and oxygen atoms in total. The van der Waals surface area contributed by atoms with Crippen LogP contribution in [0, 0.1) is 6.92 Å². The van der Waals surface area contributed by atoms with Crippen LogP contribution in [0.25, 0.3) is 5.65 Å². The second-order valence-corrected chi connectivity index (χ2v) is 3.45. The summed E-state index contributed by atoms with van der Waals surface area (Å²) in [6.45, 7) is 3.87. The molecule has 0 amide bonds. The van der Waals surface area contributed by atoms with Crippen LogP contribution in [0.3, 0.4) is 0 Å². The highest BCUT2D eigenvalue weighted by molar-refractivity contribution is 5.44. The highest BCUT2D eigenvalue weighted by atomic mass is 16.5. The van der Waals surface area contributed by atoms with Gasteiger partial charge in [-0.3, -0.25) is 4.40 Å². The highest BCUT2D eigenvalue weighted by Crippen LogP contribution is 2.17. The summed E-state index contributed by atoms with van der Waals surface area (Å²) in [6, 6.07) is 3.39. The van der Waals surface area contributed by atoms with E-state index in [-0.39, 0.29) is 0 Å². The molecule has 0 bridgehead atoms. The number of rotatable bonds is 2. The van der Waals surface area contributed by atoms with Gasteiger partial charge in [0.05, 0.1) is 0 Å². The van der Waals surface area contributed by atoms with E-state index in [9.17, 15) is 0 Å². The van der Waals surface area contributed by atoms with Crippen molar-refractivity contribution < 1.29 is 10.2 Å². The molecule has 80 valence electrons. The SMILES string of the molecule is CCc1cc(C(O)O)cc2nnc(C)n12. The molecule has 0 unspecified atom stereocenters. The van der Waals surface area contributed by atoms with E-state index in [1.165, 1.54) is 0 Å². The van der Waals surface area contributed by atoms with Crippen LogP contribution in [0.2, 0.25) is 0 Å². The Bertz CT molecular complexity index is 491. The third-order valence-electron chi connectivity index (χ3n) is 2.43. The molecule has 15 heavy (non-hydrogen) atoms. The van der Waals surface area contributed by atoms with Gasteiger partial charge in [-0.15, -0.1) is 10.2 Å². The van der Waals surface area contributed by atoms with Gasteiger partial charge >= 0.3 is 0 Å². The summed E-state index contributed by atoms with van der Waals surface area (Å²) in [5, 5.41) is 26.1. The second kappa shape index (κ2) is 3.60. The molecule has 2 rings (SSSR count). The van der Waals surface area contributed by atoms with Crippen molar-refractivity contribution in [2.75, 3.05) is 0 Å². The van der Waals surface area contributed by atoms with E-state index in [0.29, 0.717) is 11.2 Å². The maximum absolute atomic E-state index is 9.11. The van der Waals surface area contributed by atoms with Crippen LogP contribution in [0.5, 0.6) is 0 Å². The fraction of sp³-hybridized carbons (Fsp3) is 0.400. The summed E-state index contributed by atoms with van der Waals surface area (Å²) in [7, 11) is 0. The number of pyridine rings is 1. The van der Waals surface area contributed by atoms with Gasteiger partial charge in [-0.05, 0) is 25.5 Å². The average Bonchev–Trinajstić information content (AvgIpc) is 2.59. The van der Waals surface area contributed by atoms with Gasteiger partial charge in [0.15, 0.2) is 11.9 Å². The molecule has 0 spiro atoms. The predicted octanol–water partition coefficient (Wildman–Crippen LogP) is 0.583. The number of fused-ring (bicyclic) bond motifs is 1. The van der Waals surface area contributed by atoms with Crippen molar-refractivity contribution in [3.05, 3.63) is 29.2 Å². The average molecular weight is 207 g/mol. The van der Waals surface area contributed by atoms with Crippen molar-refractivity contribution in [1.82, 2.24) is 14.6 Å². The van der Waals surface area contributed by atoms with Crippen molar-refractivity contribution in [2.45, 2.75) is 26.6 Å². The molecule has 0 aliphatic heterocycles. The number of aromatic nitrogens is 3. The third kappa shape index (κ3) is 1.60. The van der Waals surface area contributed by atoms with E-state index in [1.54, 1.807) is 12.1 Å². The Morgan fingerprint density at radius 2 is 2.07 bits per heavy atom. The van der Waals surface area contributed by atoms with Gasteiger partial charge < -0.3 is 10.2 Å². The number of aryl methyl sites for hydroxylation is 2. The summed E-state index contributed by atoms with van der Waals surface area (Å²) in [6.07, 6.45) is -0.673. The molecule has 2 aromatic rings. The van der Waals surface area contributed by atoms with Crippen LogP contribution >= 0.6 is 0 Å². The summed E-state index contributed by atoms with van der Waals surface area (Å²) in [5.74, 6) is 0.806. The molecule has 0 aromatic carbocycles. The van der Waals surface area contributed by atoms with Gasteiger partial charge in [-0.25, -0.2) is 0 Å². The standard InChI is InChI=1S/C10H13N3O2/c1-3-8-4-7(10(14)15)5-9-12-11-6(2)13(8)9/h4-5,10,14-15H,3H2,1-2H3. The van der Waals surface area contributed by atoms with Crippen LogP contribution in [-0.2, 0) is 6.42 Å². The second-order valence-electron chi connectivity index (χ2n) is 3.45. The lowest BCUT2D eigenvalue weighted by atomic mass is 10.2. The lowest BCUT2D eigenvalue weighted by Crippen LogP contribution is -2.02. The Kier molecular flexibility index (Phi) is 2.42. The first kappa shape index (κ1) is 10.1. The van der Waals surface area contributed by atoms with Crippen molar-refractivity contribution in [1.29, 1.82) is 0 Å². The molecule has 5 heteroatoms. The Morgan fingerprint density at radius 3 is 2.67 bits per heavy atom. The third-order valence-corrected chi connectivity index (χ3v) is 2.43. The largest absolute Gasteiger partial charge is 0.364 e. The van der Waals surface area contributed by atoms with Crippen molar-refractivity contribution in [2.24, 2.45) is 0 Å². The Morgan fingerprint density at radius 1 is 1.33 bits per heavy atom. The molecule has 0 atom stereocenters. The fourth-order valence-electron chi connectivity index (χ4n) is 1.68. The summed E-state index contributed by atoms with van der Waals surface area (Å²) >= 11 is 0. The molecule has 0 aliphatic carbocycles. The van der Waals surface area contributed by atoms with Crippen LogP contribution < -0.4 is 0 Å². The zero-order valence-electron chi connectivity index (χ0n) is 8.68. The van der Waals surface area contributed by atoms with Crippen molar-refractivity contribution in [3.63, 3.8) is 0 Å². The topological polar surface area (TPSA) is 70.7 Å².